The van der Waals surface area contributed by atoms with E-state index < -0.39 is 22.9 Å². The summed E-state index contributed by atoms with van der Waals surface area (Å²) in [6.07, 6.45) is -0.973. The molecule has 0 aliphatic rings. The number of H-pyrrole nitrogens is 2. The molecule has 0 amide bonds. The lowest BCUT2D eigenvalue weighted by atomic mass is 10.0. The van der Waals surface area contributed by atoms with Gasteiger partial charge >= 0.3 is 5.69 Å². The first-order chi connectivity index (χ1) is 11.4. The van der Waals surface area contributed by atoms with E-state index in [4.69, 9.17) is 0 Å². The second kappa shape index (κ2) is 5.89. The van der Waals surface area contributed by atoms with Gasteiger partial charge in [0.25, 0.3) is 11.1 Å². The molecule has 1 atom stereocenters. The lowest BCUT2D eigenvalue weighted by Crippen LogP contribution is -2.32. The highest BCUT2D eigenvalue weighted by atomic mass is 16.3. The minimum Gasteiger partial charge on any atom is -0.388 e. The maximum atomic E-state index is 12.2. The third-order valence-electron chi connectivity index (χ3n) is 3.89. The van der Waals surface area contributed by atoms with Crippen molar-refractivity contribution in [3.63, 3.8) is 0 Å². The molecule has 0 fully saturated rings. The fourth-order valence-electron chi connectivity index (χ4n) is 2.45. The average molecular weight is 328 g/mol. The number of benzene rings is 1. The van der Waals surface area contributed by atoms with Crippen LogP contribution >= 0.6 is 0 Å². The van der Waals surface area contributed by atoms with Crippen molar-refractivity contribution in [3.8, 4) is 0 Å². The molecule has 3 N–H and O–H groups in total. The van der Waals surface area contributed by atoms with Crippen molar-refractivity contribution >= 4 is 11.2 Å². The topological polar surface area (TPSA) is 121 Å². The largest absolute Gasteiger partial charge is 0.388 e. The van der Waals surface area contributed by atoms with Gasteiger partial charge in [-0.2, -0.15) is 0 Å². The van der Waals surface area contributed by atoms with Crippen LogP contribution in [0.5, 0.6) is 0 Å². The summed E-state index contributed by atoms with van der Waals surface area (Å²) in [4.78, 5) is 44.3. The normalized spacial score (nSPS) is 12.5. The number of aromatic amines is 2. The minimum absolute atomic E-state index is 0.0275. The van der Waals surface area contributed by atoms with E-state index in [9.17, 15) is 19.5 Å². The maximum Gasteiger partial charge on any atom is 0.329 e. The van der Waals surface area contributed by atoms with Crippen molar-refractivity contribution in [1.29, 1.82) is 0 Å². The Kier molecular flexibility index (Phi) is 3.90. The first-order valence-corrected chi connectivity index (χ1v) is 7.33. The zero-order chi connectivity index (χ0) is 17.4. The van der Waals surface area contributed by atoms with Crippen molar-refractivity contribution in [2.24, 2.45) is 7.05 Å². The summed E-state index contributed by atoms with van der Waals surface area (Å²) in [5.41, 5.74) is -0.150. The van der Waals surface area contributed by atoms with E-state index in [0.717, 1.165) is 10.1 Å². The Labute approximate surface area is 135 Å². The SMILES string of the molecule is Cc1ccc([C@@H](O)Cc2nc3c(=O)[nH]c(=O)n(C)c3[nH]c2=O)cc1. The Bertz CT molecular complexity index is 1080. The number of rotatable bonds is 3. The van der Waals surface area contributed by atoms with Crippen LogP contribution in [0, 0.1) is 6.92 Å². The zero-order valence-corrected chi connectivity index (χ0v) is 13.2. The van der Waals surface area contributed by atoms with Gasteiger partial charge in [0.05, 0.1) is 6.10 Å². The molecule has 1 aromatic carbocycles. The molecular weight excluding hydrogens is 312 g/mol. The van der Waals surface area contributed by atoms with Gasteiger partial charge in [-0.05, 0) is 12.5 Å². The Balaban J connectivity index is 2.06. The molecule has 3 aromatic rings. The predicted molar refractivity (Wildman–Crippen MR) is 88.1 cm³/mol. The average Bonchev–Trinajstić information content (AvgIpc) is 2.54. The van der Waals surface area contributed by atoms with Crippen LogP contribution in [0.3, 0.4) is 0 Å². The van der Waals surface area contributed by atoms with Gasteiger partial charge in [-0.15, -0.1) is 0 Å². The van der Waals surface area contributed by atoms with Crippen molar-refractivity contribution in [2.75, 3.05) is 0 Å². The van der Waals surface area contributed by atoms with Gasteiger partial charge in [-0.1, -0.05) is 29.8 Å². The fraction of sp³-hybridized carbons (Fsp3) is 0.250. The van der Waals surface area contributed by atoms with Gasteiger partial charge in [0.2, 0.25) is 0 Å². The quantitative estimate of drug-likeness (QED) is 0.620. The summed E-state index contributed by atoms with van der Waals surface area (Å²) in [6, 6.07) is 7.26. The van der Waals surface area contributed by atoms with Crippen molar-refractivity contribution in [2.45, 2.75) is 19.4 Å². The number of aliphatic hydroxyl groups excluding tert-OH is 1. The van der Waals surface area contributed by atoms with Crippen molar-refractivity contribution in [3.05, 3.63) is 72.3 Å². The van der Waals surface area contributed by atoms with Gasteiger partial charge in [0, 0.05) is 13.5 Å². The molecule has 8 nitrogen and oxygen atoms in total. The standard InChI is InChI=1S/C16H16N4O4/c1-8-3-5-9(6-4-8)11(21)7-10-14(22)18-13-12(17-10)15(23)19-16(24)20(13)2/h3-6,11,21H,7H2,1-2H3,(H,18,22)(H,19,23,24)/t11-/m0/s1. The lowest BCUT2D eigenvalue weighted by molar-refractivity contribution is 0.177. The van der Waals surface area contributed by atoms with Gasteiger partial charge in [0.1, 0.15) is 11.3 Å². The van der Waals surface area contributed by atoms with Crippen LogP contribution in [-0.4, -0.2) is 24.6 Å². The molecule has 8 heteroatoms. The number of aromatic nitrogens is 4. The Morgan fingerprint density at radius 3 is 2.46 bits per heavy atom. The van der Waals surface area contributed by atoms with Crippen LogP contribution in [-0.2, 0) is 13.5 Å². The molecule has 0 aliphatic carbocycles. The first kappa shape index (κ1) is 15.9. The highest BCUT2D eigenvalue weighted by molar-refractivity contribution is 5.68. The summed E-state index contributed by atoms with van der Waals surface area (Å²) >= 11 is 0. The lowest BCUT2D eigenvalue weighted by Gasteiger charge is -2.11. The second-order valence-corrected chi connectivity index (χ2v) is 5.66. The van der Waals surface area contributed by atoms with Crippen LogP contribution in [0.2, 0.25) is 0 Å². The van der Waals surface area contributed by atoms with E-state index in [-0.39, 0.29) is 23.3 Å². The summed E-state index contributed by atoms with van der Waals surface area (Å²) in [5, 5.41) is 10.3. The van der Waals surface area contributed by atoms with E-state index in [1.54, 1.807) is 12.1 Å². The smallest absolute Gasteiger partial charge is 0.329 e. The second-order valence-electron chi connectivity index (χ2n) is 5.66. The number of nitrogens with zero attached hydrogens (tertiary/aromatic N) is 2. The van der Waals surface area contributed by atoms with Gasteiger partial charge in [-0.25, -0.2) is 9.78 Å². The Morgan fingerprint density at radius 1 is 1.12 bits per heavy atom. The molecule has 0 saturated carbocycles. The molecule has 0 saturated heterocycles. The fourth-order valence-corrected chi connectivity index (χ4v) is 2.45. The monoisotopic (exact) mass is 328 g/mol. The molecule has 24 heavy (non-hydrogen) atoms. The number of fused-ring (bicyclic) bond motifs is 1. The van der Waals surface area contributed by atoms with E-state index in [2.05, 4.69) is 15.0 Å². The number of hydrogen-bond acceptors (Lipinski definition) is 5. The van der Waals surface area contributed by atoms with Crippen LogP contribution in [0.15, 0.2) is 38.6 Å². The molecule has 0 spiro atoms. The molecular formula is C16H16N4O4. The summed E-state index contributed by atoms with van der Waals surface area (Å²) in [5.74, 6) is 0. The third-order valence-corrected chi connectivity index (χ3v) is 3.89. The molecule has 0 radical (unpaired) electrons. The Morgan fingerprint density at radius 2 is 1.79 bits per heavy atom. The highest BCUT2D eigenvalue weighted by Gasteiger charge is 2.15. The van der Waals surface area contributed by atoms with E-state index in [1.165, 1.54) is 7.05 Å². The molecule has 3 rings (SSSR count). The number of aryl methyl sites for hydroxylation is 2. The molecule has 0 aliphatic heterocycles. The molecule has 124 valence electrons. The van der Waals surface area contributed by atoms with Crippen LogP contribution in [0.1, 0.15) is 22.9 Å². The van der Waals surface area contributed by atoms with Crippen LogP contribution in [0.25, 0.3) is 11.2 Å². The van der Waals surface area contributed by atoms with Crippen molar-refractivity contribution < 1.29 is 5.11 Å². The molecule has 0 unspecified atom stereocenters. The van der Waals surface area contributed by atoms with Gasteiger partial charge in [0.15, 0.2) is 5.52 Å². The number of hydrogen-bond donors (Lipinski definition) is 3. The number of aliphatic hydroxyl groups is 1. The Hall–Kier alpha value is -3.00. The summed E-state index contributed by atoms with van der Waals surface area (Å²) < 4.78 is 1.10. The highest BCUT2D eigenvalue weighted by Crippen LogP contribution is 2.16. The third kappa shape index (κ3) is 2.79. The predicted octanol–water partition coefficient (Wildman–Crippen LogP) is -0.105. The van der Waals surface area contributed by atoms with E-state index in [0.29, 0.717) is 5.56 Å². The van der Waals surface area contributed by atoms with Gasteiger partial charge < -0.3 is 10.1 Å². The maximum absolute atomic E-state index is 12.2. The van der Waals surface area contributed by atoms with E-state index in [1.807, 2.05) is 19.1 Å². The van der Waals surface area contributed by atoms with Crippen molar-refractivity contribution in [1.82, 2.24) is 19.5 Å². The van der Waals surface area contributed by atoms with Crippen LogP contribution < -0.4 is 16.8 Å². The minimum atomic E-state index is -0.928. The molecule has 2 aromatic heterocycles. The van der Waals surface area contributed by atoms with E-state index >= 15 is 0 Å². The zero-order valence-electron chi connectivity index (χ0n) is 13.2. The molecule has 0 bridgehead atoms. The number of nitrogens with one attached hydrogen (secondary N) is 2. The summed E-state index contributed by atoms with van der Waals surface area (Å²) in [6.45, 7) is 1.93. The van der Waals surface area contributed by atoms with Crippen LogP contribution in [0.4, 0.5) is 0 Å². The first-order valence-electron chi connectivity index (χ1n) is 7.33. The molecule has 2 heterocycles. The summed E-state index contributed by atoms with van der Waals surface area (Å²) in [7, 11) is 1.42. The van der Waals surface area contributed by atoms with Gasteiger partial charge in [-0.3, -0.25) is 19.1 Å².